The summed E-state index contributed by atoms with van der Waals surface area (Å²) in [7, 11) is 0. The number of nitrogens with two attached hydrogens (primary N) is 1. The van der Waals surface area contributed by atoms with E-state index in [-0.39, 0.29) is 13.1 Å². The van der Waals surface area contributed by atoms with E-state index >= 15 is 0 Å². The Kier molecular flexibility index (Phi) is 4.96. The standard InChI is InChI=1S/C18H22BrFN4O2/c1-18(2,3)26-17(25)24-8-12(20)15(9-24)23-16-11-6-10(19)4-5-14(11)22-7-13(16)21/h4-7,12,15H,8-9,21H2,1-3H3,(H,22,23)/t12-,15+/m1/s1. The number of nitrogens with zero attached hydrogens (tertiary/aromatic N) is 2. The lowest BCUT2D eigenvalue weighted by molar-refractivity contribution is 0.0283. The number of carbonyl (C=O) groups is 1. The molecule has 1 aliphatic heterocycles. The normalized spacial score (nSPS) is 20.4. The second-order valence-electron chi connectivity index (χ2n) is 7.40. The van der Waals surface area contributed by atoms with Gasteiger partial charge in [-0.3, -0.25) is 4.98 Å². The highest BCUT2D eigenvalue weighted by Gasteiger charge is 2.37. The predicted molar refractivity (Wildman–Crippen MR) is 104 cm³/mol. The minimum atomic E-state index is -1.22. The molecule has 2 aromatic rings. The lowest BCUT2D eigenvalue weighted by Crippen LogP contribution is -2.36. The molecule has 2 heterocycles. The van der Waals surface area contributed by atoms with Gasteiger partial charge in [0.15, 0.2) is 0 Å². The summed E-state index contributed by atoms with van der Waals surface area (Å²) in [5.74, 6) is 0. The Bertz CT molecular complexity index is 835. The summed E-state index contributed by atoms with van der Waals surface area (Å²) in [4.78, 5) is 17.9. The van der Waals surface area contributed by atoms with Crippen LogP contribution in [-0.2, 0) is 4.74 Å². The van der Waals surface area contributed by atoms with Gasteiger partial charge in [0, 0.05) is 16.4 Å². The smallest absolute Gasteiger partial charge is 0.410 e. The number of nitrogen functional groups attached to an aromatic ring is 1. The van der Waals surface area contributed by atoms with E-state index in [0.717, 1.165) is 15.4 Å². The van der Waals surface area contributed by atoms with Crippen molar-refractivity contribution in [3.63, 3.8) is 0 Å². The molecule has 0 saturated carbocycles. The second kappa shape index (κ2) is 6.90. The second-order valence-corrected chi connectivity index (χ2v) is 8.32. The number of benzene rings is 1. The van der Waals surface area contributed by atoms with Crippen LogP contribution in [0.5, 0.6) is 0 Å². The predicted octanol–water partition coefficient (Wildman–Crippen LogP) is 3.95. The molecule has 0 aliphatic carbocycles. The van der Waals surface area contributed by atoms with Gasteiger partial charge >= 0.3 is 6.09 Å². The van der Waals surface area contributed by atoms with Crippen molar-refractivity contribution in [1.29, 1.82) is 0 Å². The van der Waals surface area contributed by atoms with E-state index in [1.807, 2.05) is 18.2 Å². The maximum atomic E-state index is 14.6. The van der Waals surface area contributed by atoms with Crippen LogP contribution in [0.15, 0.2) is 28.9 Å². The average Bonchev–Trinajstić information content (AvgIpc) is 2.90. The molecule has 26 heavy (non-hydrogen) atoms. The monoisotopic (exact) mass is 424 g/mol. The zero-order chi connectivity index (χ0) is 19.1. The van der Waals surface area contributed by atoms with E-state index in [2.05, 4.69) is 26.2 Å². The molecule has 1 aliphatic rings. The molecule has 0 unspecified atom stereocenters. The van der Waals surface area contributed by atoms with Gasteiger partial charge in [0.2, 0.25) is 0 Å². The largest absolute Gasteiger partial charge is 0.444 e. The molecule has 1 aromatic heterocycles. The first kappa shape index (κ1) is 18.7. The fourth-order valence-corrected chi connectivity index (χ4v) is 3.26. The Morgan fingerprint density at radius 3 is 2.85 bits per heavy atom. The SMILES string of the molecule is CC(C)(C)OC(=O)N1C[C@@H](F)[C@@H](Nc2c(N)cnc3ccc(Br)cc23)C1. The van der Waals surface area contributed by atoms with Crippen LogP contribution in [0.3, 0.4) is 0 Å². The molecular weight excluding hydrogens is 403 g/mol. The van der Waals surface area contributed by atoms with Gasteiger partial charge in [0.25, 0.3) is 0 Å². The van der Waals surface area contributed by atoms with E-state index in [1.54, 1.807) is 27.0 Å². The van der Waals surface area contributed by atoms with Gasteiger partial charge in [-0.15, -0.1) is 0 Å². The zero-order valence-electron chi connectivity index (χ0n) is 14.9. The molecular formula is C18H22BrFN4O2. The van der Waals surface area contributed by atoms with E-state index in [4.69, 9.17) is 10.5 Å². The first-order chi connectivity index (χ1) is 12.1. The van der Waals surface area contributed by atoms with E-state index in [9.17, 15) is 9.18 Å². The van der Waals surface area contributed by atoms with Crippen molar-refractivity contribution in [2.45, 2.75) is 38.6 Å². The van der Waals surface area contributed by atoms with Crippen LogP contribution in [0.1, 0.15) is 20.8 Å². The number of aromatic nitrogens is 1. The van der Waals surface area contributed by atoms with Crippen LogP contribution >= 0.6 is 15.9 Å². The van der Waals surface area contributed by atoms with Crippen molar-refractivity contribution in [2.75, 3.05) is 24.1 Å². The maximum Gasteiger partial charge on any atom is 0.410 e. The number of likely N-dealkylation sites (tertiary alicyclic amines) is 1. The highest BCUT2D eigenvalue weighted by atomic mass is 79.9. The first-order valence-electron chi connectivity index (χ1n) is 8.36. The molecule has 3 N–H and O–H groups in total. The number of rotatable bonds is 2. The number of fused-ring (bicyclic) bond motifs is 1. The van der Waals surface area contributed by atoms with Crippen LogP contribution in [0.4, 0.5) is 20.6 Å². The number of halogens is 2. The van der Waals surface area contributed by atoms with Gasteiger partial charge in [-0.2, -0.15) is 0 Å². The zero-order valence-corrected chi connectivity index (χ0v) is 16.5. The van der Waals surface area contributed by atoms with Crippen LogP contribution in [0, 0.1) is 0 Å². The minimum absolute atomic E-state index is 0.0147. The number of nitrogens with one attached hydrogen (secondary N) is 1. The maximum absolute atomic E-state index is 14.6. The number of alkyl halides is 1. The number of hydrogen-bond donors (Lipinski definition) is 2. The molecule has 2 atom stereocenters. The van der Waals surface area contributed by atoms with Crippen LogP contribution in [0.25, 0.3) is 10.9 Å². The number of amides is 1. The van der Waals surface area contributed by atoms with Crippen molar-refractivity contribution < 1.29 is 13.9 Å². The van der Waals surface area contributed by atoms with Gasteiger partial charge in [0.05, 0.1) is 35.7 Å². The molecule has 8 heteroatoms. The van der Waals surface area contributed by atoms with Crippen LogP contribution in [0.2, 0.25) is 0 Å². The number of pyridine rings is 1. The molecule has 0 spiro atoms. The van der Waals surface area contributed by atoms with E-state index < -0.39 is 23.9 Å². The Labute approximate surface area is 160 Å². The third kappa shape index (κ3) is 4.00. The topological polar surface area (TPSA) is 80.5 Å². The summed E-state index contributed by atoms with van der Waals surface area (Å²) in [6, 6.07) is 5.05. The Hall–Kier alpha value is -2.09. The van der Waals surface area contributed by atoms with Crippen molar-refractivity contribution >= 4 is 44.3 Å². The molecule has 1 fully saturated rings. The highest BCUT2D eigenvalue weighted by Crippen LogP contribution is 2.32. The van der Waals surface area contributed by atoms with Gasteiger partial charge in [-0.25, -0.2) is 9.18 Å². The summed E-state index contributed by atoms with van der Waals surface area (Å²) in [6.45, 7) is 5.54. The first-order valence-corrected chi connectivity index (χ1v) is 9.15. The van der Waals surface area contributed by atoms with E-state index in [1.165, 1.54) is 4.90 Å². The molecule has 1 saturated heterocycles. The number of anilines is 2. The molecule has 1 aromatic carbocycles. The summed E-state index contributed by atoms with van der Waals surface area (Å²) in [6.07, 6.45) is -0.191. The van der Waals surface area contributed by atoms with Crippen molar-refractivity contribution in [1.82, 2.24) is 9.88 Å². The Morgan fingerprint density at radius 2 is 2.15 bits per heavy atom. The summed E-state index contributed by atoms with van der Waals surface area (Å²) >= 11 is 3.43. The van der Waals surface area contributed by atoms with Gasteiger partial charge in [-0.1, -0.05) is 15.9 Å². The third-order valence-corrected chi connectivity index (χ3v) is 4.58. The van der Waals surface area contributed by atoms with E-state index in [0.29, 0.717) is 11.4 Å². The highest BCUT2D eigenvalue weighted by molar-refractivity contribution is 9.10. The van der Waals surface area contributed by atoms with Crippen LogP contribution < -0.4 is 11.1 Å². The van der Waals surface area contributed by atoms with Crippen molar-refractivity contribution in [2.24, 2.45) is 0 Å². The summed E-state index contributed by atoms with van der Waals surface area (Å²) in [5, 5.41) is 3.96. The quantitative estimate of drug-likeness (QED) is 0.762. The molecule has 6 nitrogen and oxygen atoms in total. The van der Waals surface area contributed by atoms with Gasteiger partial charge in [0.1, 0.15) is 11.8 Å². The molecule has 0 bridgehead atoms. The number of hydrogen-bond acceptors (Lipinski definition) is 5. The van der Waals surface area contributed by atoms with Crippen molar-refractivity contribution in [3.05, 3.63) is 28.9 Å². The minimum Gasteiger partial charge on any atom is -0.444 e. The molecule has 0 radical (unpaired) electrons. The lowest BCUT2D eigenvalue weighted by atomic mass is 10.1. The Morgan fingerprint density at radius 1 is 1.42 bits per heavy atom. The molecule has 140 valence electrons. The van der Waals surface area contributed by atoms with Crippen molar-refractivity contribution in [3.8, 4) is 0 Å². The fourth-order valence-electron chi connectivity index (χ4n) is 2.90. The fraction of sp³-hybridized carbons (Fsp3) is 0.444. The summed E-state index contributed by atoms with van der Waals surface area (Å²) in [5.41, 5.74) is 7.25. The van der Waals surface area contributed by atoms with Gasteiger partial charge in [-0.05, 0) is 39.0 Å². The lowest BCUT2D eigenvalue weighted by Gasteiger charge is -2.24. The summed E-state index contributed by atoms with van der Waals surface area (Å²) < 4.78 is 20.8. The number of carbonyl (C=O) groups excluding carboxylic acids is 1. The van der Waals surface area contributed by atoms with Crippen LogP contribution in [-0.4, -0.2) is 46.9 Å². The average molecular weight is 425 g/mol. The molecule has 3 rings (SSSR count). The third-order valence-electron chi connectivity index (χ3n) is 4.09. The molecule has 1 amide bonds. The Balaban J connectivity index is 1.81. The number of ether oxygens (including phenoxy) is 1. The van der Waals surface area contributed by atoms with Gasteiger partial charge < -0.3 is 20.7 Å².